The number of hydrogen-bond donors (Lipinski definition) is 1. The lowest BCUT2D eigenvalue weighted by molar-refractivity contribution is 0.188. The van der Waals surface area contributed by atoms with Gasteiger partial charge >= 0.3 is 0 Å². The second kappa shape index (κ2) is 7.27. The Morgan fingerprint density at radius 3 is 2.89 bits per heavy atom. The van der Waals surface area contributed by atoms with Crippen LogP contribution in [0.2, 0.25) is 0 Å². The second-order valence-electron chi connectivity index (χ2n) is 5.28. The fraction of sp³-hybridized carbons (Fsp3) is 0.733. The molecule has 1 fully saturated rings. The summed E-state index contributed by atoms with van der Waals surface area (Å²) in [7, 11) is 2.02. The molecule has 0 aromatic carbocycles. The lowest BCUT2D eigenvalue weighted by atomic mass is 10.1. The molecular formula is C15H26N2S. The molecule has 1 aromatic rings. The predicted octanol–water partition coefficient (Wildman–Crippen LogP) is 3.62. The lowest BCUT2D eigenvalue weighted by Gasteiger charge is -2.28. The van der Waals surface area contributed by atoms with Crippen LogP contribution in [0.1, 0.15) is 48.8 Å². The Kier molecular flexibility index (Phi) is 5.67. The molecule has 1 aliphatic heterocycles. The molecule has 2 nitrogen and oxygen atoms in total. The predicted molar refractivity (Wildman–Crippen MR) is 80.0 cm³/mol. The summed E-state index contributed by atoms with van der Waals surface area (Å²) in [5, 5.41) is 3.23. The zero-order chi connectivity index (χ0) is 12.8. The van der Waals surface area contributed by atoms with E-state index in [2.05, 4.69) is 29.3 Å². The van der Waals surface area contributed by atoms with Crippen LogP contribution in [0.25, 0.3) is 0 Å². The van der Waals surface area contributed by atoms with E-state index in [1.165, 1.54) is 48.4 Å². The molecule has 0 amide bonds. The smallest absolute Gasteiger partial charge is 0.0330 e. The van der Waals surface area contributed by atoms with Crippen molar-refractivity contribution in [2.45, 2.75) is 58.2 Å². The summed E-state index contributed by atoms with van der Waals surface area (Å²) in [6.07, 6.45) is 6.91. The number of nitrogens with one attached hydrogen (secondary N) is 1. The van der Waals surface area contributed by atoms with Crippen molar-refractivity contribution in [3.05, 3.63) is 21.9 Å². The van der Waals surface area contributed by atoms with Crippen LogP contribution in [0, 0.1) is 0 Å². The number of hydrogen-bond acceptors (Lipinski definition) is 3. The van der Waals surface area contributed by atoms with Gasteiger partial charge in [0.1, 0.15) is 0 Å². The summed E-state index contributed by atoms with van der Waals surface area (Å²) in [5.41, 5.74) is 0. The molecule has 3 heteroatoms. The highest BCUT2D eigenvalue weighted by molar-refractivity contribution is 7.11. The zero-order valence-corrected chi connectivity index (χ0v) is 12.6. The van der Waals surface area contributed by atoms with Crippen molar-refractivity contribution >= 4 is 11.3 Å². The third-order valence-electron chi connectivity index (χ3n) is 3.90. The van der Waals surface area contributed by atoms with Crippen molar-refractivity contribution in [3.63, 3.8) is 0 Å². The molecule has 1 atom stereocenters. The first-order valence-corrected chi connectivity index (χ1v) is 8.11. The van der Waals surface area contributed by atoms with Crippen molar-refractivity contribution in [2.75, 3.05) is 13.6 Å². The van der Waals surface area contributed by atoms with Crippen LogP contribution >= 0.6 is 11.3 Å². The molecular weight excluding hydrogens is 240 g/mol. The first kappa shape index (κ1) is 14.0. The maximum Gasteiger partial charge on any atom is 0.0330 e. The standard InChI is InChI=1S/C15H26N2S/c1-3-13-7-5-4-6-10-17(13)12-15-9-8-14(18-15)11-16-2/h8-9,13,16H,3-7,10-12H2,1-2H3. The van der Waals surface area contributed by atoms with Gasteiger partial charge < -0.3 is 5.32 Å². The minimum absolute atomic E-state index is 0.808. The van der Waals surface area contributed by atoms with E-state index >= 15 is 0 Å². The van der Waals surface area contributed by atoms with Crippen LogP contribution in [0.4, 0.5) is 0 Å². The molecule has 0 saturated carbocycles. The minimum Gasteiger partial charge on any atom is -0.315 e. The first-order chi connectivity index (χ1) is 8.83. The summed E-state index contributed by atoms with van der Waals surface area (Å²) in [4.78, 5) is 5.69. The van der Waals surface area contributed by atoms with Gasteiger partial charge in [0.2, 0.25) is 0 Å². The molecule has 2 rings (SSSR count). The topological polar surface area (TPSA) is 15.3 Å². The van der Waals surface area contributed by atoms with Gasteiger partial charge in [0, 0.05) is 28.9 Å². The Bertz CT molecular complexity index is 348. The fourth-order valence-corrected chi connectivity index (χ4v) is 3.94. The first-order valence-electron chi connectivity index (χ1n) is 7.29. The van der Waals surface area contributed by atoms with Gasteiger partial charge in [0.25, 0.3) is 0 Å². The third-order valence-corrected chi connectivity index (χ3v) is 4.97. The summed E-state index contributed by atoms with van der Waals surface area (Å²) >= 11 is 1.97. The molecule has 2 heterocycles. The normalized spacial score (nSPS) is 22.0. The van der Waals surface area contributed by atoms with Gasteiger partial charge in [0.05, 0.1) is 0 Å². The molecule has 102 valence electrons. The molecule has 18 heavy (non-hydrogen) atoms. The van der Waals surface area contributed by atoms with Crippen LogP contribution in [0.3, 0.4) is 0 Å². The Hall–Kier alpha value is -0.380. The van der Waals surface area contributed by atoms with Crippen molar-refractivity contribution < 1.29 is 0 Å². The Balaban J connectivity index is 1.96. The van der Waals surface area contributed by atoms with E-state index in [-0.39, 0.29) is 0 Å². The van der Waals surface area contributed by atoms with Gasteiger partial charge in [-0.05, 0) is 45.0 Å². The van der Waals surface area contributed by atoms with Gasteiger partial charge in [0.15, 0.2) is 0 Å². The average molecular weight is 266 g/mol. The molecule has 1 saturated heterocycles. The molecule has 0 bridgehead atoms. The van der Waals surface area contributed by atoms with Gasteiger partial charge in [-0.3, -0.25) is 4.90 Å². The quantitative estimate of drug-likeness (QED) is 0.875. The number of thiophene rings is 1. The van der Waals surface area contributed by atoms with Crippen LogP contribution in [0.15, 0.2) is 12.1 Å². The molecule has 0 radical (unpaired) electrons. The highest BCUT2D eigenvalue weighted by atomic mass is 32.1. The van der Waals surface area contributed by atoms with Crippen molar-refractivity contribution in [1.82, 2.24) is 10.2 Å². The second-order valence-corrected chi connectivity index (χ2v) is 6.53. The van der Waals surface area contributed by atoms with E-state index in [1.54, 1.807) is 0 Å². The van der Waals surface area contributed by atoms with E-state index in [0.29, 0.717) is 0 Å². The van der Waals surface area contributed by atoms with Crippen LogP contribution in [0.5, 0.6) is 0 Å². The SMILES string of the molecule is CCC1CCCCCN1Cc1ccc(CNC)s1. The number of rotatable bonds is 5. The van der Waals surface area contributed by atoms with Crippen LogP contribution in [-0.2, 0) is 13.1 Å². The number of likely N-dealkylation sites (tertiary alicyclic amines) is 1. The summed E-state index contributed by atoms with van der Waals surface area (Å²) in [6.45, 7) is 5.79. The monoisotopic (exact) mass is 266 g/mol. The van der Waals surface area contributed by atoms with Crippen LogP contribution < -0.4 is 5.32 Å². The maximum atomic E-state index is 3.23. The maximum absolute atomic E-state index is 3.23. The van der Waals surface area contributed by atoms with Gasteiger partial charge in [-0.1, -0.05) is 19.8 Å². The van der Waals surface area contributed by atoms with E-state index in [4.69, 9.17) is 0 Å². The average Bonchev–Trinajstić information content (AvgIpc) is 2.69. The molecule has 0 spiro atoms. The largest absolute Gasteiger partial charge is 0.315 e. The van der Waals surface area contributed by atoms with Crippen LogP contribution in [-0.4, -0.2) is 24.5 Å². The van der Waals surface area contributed by atoms with Gasteiger partial charge in [-0.15, -0.1) is 11.3 Å². The molecule has 1 aliphatic rings. The molecule has 1 unspecified atom stereocenters. The Morgan fingerprint density at radius 2 is 2.11 bits per heavy atom. The molecule has 0 aliphatic carbocycles. The van der Waals surface area contributed by atoms with E-state index in [1.807, 2.05) is 18.4 Å². The zero-order valence-electron chi connectivity index (χ0n) is 11.7. The van der Waals surface area contributed by atoms with Crippen molar-refractivity contribution in [1.29, 1.82) is 0 Å². The molecule has 1 aromatic heterocycles. The Labute approximate surface area is 115 Å². The summed E-state index contributed by atoms with van der Waals surface area (Å²) in [6, 6.07) is 5.40. The van der Waals surface area contributed by atoms with Crippen molar-refractivity contribution in [2.24, 2.45) is 0 Å². The Morgan fingerprint density at radius 1 is 1.28 bits per heavy atom. The lowest BCUT2D eigenvalue weighted by Crippen LogP contribution is -2.33. The van der Waals surface area contributed by atoms with Crippen molar-refractivity contribution in [3.8, 4) is 0 Å². The van der Waals surface area contributed by atoms with Gasteiger partial charge in [-0.2, -0.15) is 0 Å². The van der Waals surface area contributed by atoms with Gasteiger partial charge in [-0.25, -0.2) is 0 Å². The number of nitrogens with zero attached hydrogens (tertiary/aromatic N) is 1. The fourth-order valence-electron chi connectivity index (χ4n) is 2.88. The third kappa shape index (κ3) is 3.81. The van der Waals surface area contributed by atoms with E-state index < -0.39 is 0 Å². The summed E-state index contributed by atoms with van der Waals surface area (Å²) < 4.78 is 0. The highest BCUT2D eigenvalue weighted by Crippen LogP contribution is 2.24. The highest BCUT2D eigenvalue weighted by Gasteiger charge is 2.19. The van der Waals surface area contributed by atoms with E-state index in [0.717, 1.165) is 19.1 Å². The molecule has 1 N–H and O–H groups in total. The minimum atomic E-state index is 0.808. The van der Waals surface area contributed by atoms with E-state index in [9.17, 15) is 0 Å². The summed E-state index contributed by atoms with van der Waals surface area (Å²) in [5.74, 6) is 0.